The zero-order valence-corrected chi connectivity index (χ0v) is 15.7. The Morgan fingerprint density at radius 2 is 1.76 bits per heavy atom. The van der Waals surface area contributed by atoms with E-state index >= 15 is 0 Å². The van der Waals surface area contributed by atoms with Gasteiger partial charge in [-0.25, -0.2) is 4.39 Å². The first-order chi connectivity index (χ1) is 11.7. The molecule has 1 aromatic carbocycles. The van der Waals surface area contributed by atoms with E-state index in [0.717, 1.165) is 10.4 Å². The highest BCUT2D eigenvalue weighted by atomic mass is 32.1. The van der Waals surface area contributed by atoms with E-state index < -0.39 is 0 Å². The molecule has 1 aromatic heterocycles. The van der Waals surface area contributed by atoms with Crippen molar-refractivity contribution in [3.05, 3.63) is 47.1 Å². The van der Waals surface area contributed by atoms with Crippen LogP contribution in [0.5, 0.6) is 0 Å². The van der Waals surface area contributed by atoms with E-state index in [9.17, 15) is 14.0 Å². The van der Waals surface area contributed by atoms with Crippen LogP contribution in [0, 0.1) is 5.82 Å². The maximum absolute atomic E-state index is 13.0. The minimum atomic E-state index is -0.335. The summed E-state index contributed by atoms with van der Waals surface area (Å²) in [5.74, 6) is -0.651. The van der Waals surface area contributed by atoms with Crippen LogP contribution in [0.2, 0.25) is 0 Å². The lowest BCUT2D eigenvalue weighted by Crippen LogP contribution is -2.47. The lowest BCUT2D eigenvalue weighted by atomic mass is 10.1. The number of carbonyl (C=O) groups is 2. The second-order valence-corrected chi connectivity index (χ2v) is 7.87. The zero-order chi connectivity index (χ0) is 18.6. The fraction of sp³-hybridized carbons (Fsp3) is 0.368. The second kappa shape index (κ2) is 7.78. The number of halogens is 1. The Hall–Kier alpha value is -2.21. The van der Waals surface area contributed by atoms with Crippen LogP contribution in [-0.2, 0) is 4.79 Å². The van der Waals surface area contributed by atoms with Crippen LogP contribution < -0.4 is 5.32 Å². The third kappa shape index (κ3) is 5.39. The number of hydrogen-bond acceptors (Lipinski definition) is 3. The summed E-state index contributed by atoms with van der Waals surface area (Å²) in [6.07, 6.45) is 0. The summed E-state index contributed by atoms with van der Waals surface area (Å²) in [5.41, 5.74) is 0.525. The number of nitrogens with one attached hydrogen (secondary N) is 1. The average Bonchev–Trinajstić information content (AvgIpc) is 3.01. The quantitative estimate of drug-likeness (QED) is 0.876. The van der Waals surface area contributed by atoms with Gasteiger partial charge in [0.05, 0.1) is 11.4 Å². The minimum absolute atomic E-state index is 0.0242. The third-order valence-electron chi connectivity index (χ3n) is 3.46. The van der Waals surface area contributed by atoms with Crippen molar-refractivity contribution in [1.29, 1.82) is 0 Å². The Labute approximate surface area is 151 Å². The van der Waals surface area contributed by atoms with Crippen molar-refractivity contribution >= 4 is 23.2 Å². The van der Waals surface area contributed by atoms with E-state index in [1.165, 1.54) is 28.4 Å². The van der Waals surface area contributed by atoms with Gasteiger partial charge in [0.15, 0.2) is 0 Å². The lowest BCUT2D eigenvalue weighted by molar-refractivity contribution is -0.123. The zero-order valence-electron chi connectivity index (χ0n) is 14.9. The molecule has 2 aromatic rings. The Morgan fingerprint density at radius 1 is 1.12 bits per heavy atom. The fourth-order valence-corrected chi connectivity index (χ4v) is 3.32. The highest BCUT2D eigenvalue weighted by Crippen LogP contribution is 2.29. The summed E-state index contributed by atoms with van der Waals surface area (Å²) in [7, 11) is 0. The first-order valence-corrected chi connectivity index (χ1v) is 8.97. The van der Waals surface area contributed by atoms with E-state index in [0.29, 0.717) is 11.4 Å². The molecule has 0 aliphatic carbocycles. The summed E-state index contributed by atoms with van der Waals surface area (Å²) < 4.78 is 13.0. The number of hydrogen-bond donors (Lipinski definition) is 1. The van der Waals surface area contributed by atoms with Gasteiger partial charge < -0.3 is 10.2 Å². The lowest BCUT2D eigenvalue weighted by Gasteiger charge is -2.24. The van der Waals surface area contributed by atoms with E-state index in [2.05, 4.69) is 5.32 Å². The summed E-state index contributed by atoms with van der Waals surface area (Å²) in [5, 5.41) is 2.86. The molecule has 0 aliphatic rings. The van der Waals surface area contributed by atoms with E-state index in [4.69, 9.17) is 0 Å². The third-order valence-corrected chi connectivity index (χ3v) is 4.59. The molecule has 1 heterocycles. The number of amides is 2. The van der Waals surface area contributed by atoms with Crippen molar-refractivity contribution in [2.75, 3.05) is 13.1 Å². The van der Waals surface area contributed by atoms with Gasteiger partial charge in [-0.1, -0.05) is 12.1 Å². The van der Waals surface area contributed by atoms with Gasteiger partial charge >= 0.3 is 0 Å². The highest BCUT2D eigenvalue weighted by molar-refractivity contribution is 7.17. The van der Waals surface area contributed by atoms with Crippen molar-refractivity contribution in [3.8, 4) is 10.4 Å². The Kier molecular flexibility index (Phi) is 5.95. The number of likely N-dealkylation sites (N-methyl/N-ethyl adjacent to an activating group) is 1. The van der Waals surface area contributed by atoms with Crippen LogP contribution in [0.15, 0.2) is 36.4 Å². The first kappa shape index (κ1) is 19.1. The molecule has 0 spiro atoms. The maximum atomic E-state index is 13.0. The number of carbonyl (C=O) groups excluding carboxylic acids is 2. The predicted molar refractivity (Wildman–Crippen MR) is 99.2 cm³/mol. The molecule has 6 heteroatoms. The molecule has 0 aliphatic heterocycles. The van der Waals surface area contributed by atoms with Crippen molar-refractivity contribution in [3.63, 3.8) is 0 Å². The SMILES string of the molecule is CCN(CC(=O)NC(C)(C)C)C(=O)c1ccc(-c2ccc(F)cc2)s1. The van der Waals surface area contributed by atoms with Crippen LogP contribution in [0.4, 0.5) is 4.39 Å². The summed E-state index contributed by atoms with van der Waals surface area (Å²) in [6.45, 7) is 8.01. The molecule has 134 valence electrons. The molecule has 0 saturated carbocycles. The summed E-state index contributed by atoms with van der Waals surface area (Å²) in [6, 6.07) is 9.75. The van der Waals surface area contributed by atoms with Crippen molar-refractivity contribution < 1.29 is 14.0 Å². The van der Waals surface area contributed by atoms with Gasteiger partial charge in [0.1, 0.15) is 5.82 Å². The molecule has 0 fully saturated rings. The molecule has 0 atom stereocenters. The second-order valence-electron chi connectivity index (χ2n) is 6.79. The molecular formula is C19H23FN2O2S. The van der Waals surface area contributed by atoms with Gasteiger partial charge in [0.2, 0.25) is 5.91 Å². The molecule has 25 heavy (non-hydrogen) atoms. The number of nitrogens with zero attached hydrogens (tertiary/aromatic N) is 1. The normalized spacial score (nSPS) is 11.2. The Morgan fingerprint density at radius 3 is 2.32 bits per heavy atom. The van der Waals surface area contributed by atoms with Crippen molar-refractivity contribution in [2.45, 2.75) is 33.2 Å². The van der Waals surface area contributed by atoms with Gasteiger partial charge in [-0.3, -0.25) is 9.59 Å². The van der Waals surface area contributed by atoms with E-state index in [1.807, 2.05) is 33.8 Å². The van der Waals surface area contributed by atoms with E-state index in [-0.39, 0.29) is 29.7 Å². The topological polar surface area (TPSA) is 49.4 Å². The van der Waals surface area contributed by atoms with E-state index in [1.54, 1.807) is 18.2 Å². The van der Waals surface area contributed by atoms with Gasteiger partial charge in [-0.15, -0.1) is 11.3 Å². The molecule has 0 bridgehead atoms. The molecule has 1 N–H and O–H groups in total. The Balaban J connectivity index is 2.10. The minimum Gasteiger partial charge on any atom is -0.350 e. The molecular weight excluding hydrogens is 339 g/mol. The number of rotatable bonds is 5. The molecule has 2 amide bonds. The smallest absolute Gasteiger partial charge is 0.264 e. The van der Waals surface area contributed by atoms with Crippen LogP contribution in [0.25, 0.3) is 10.4 Å². The van der Waals surface area contributed by atoms with Crippen LogP contribution in [-0.4, -0.2) is 35.3 Å². The molecule has 4 nitrogen and oxygen atoms in total. The maximum Gasteiger partial charge on any atom is 0.264 e. The molecule has 0 unspecified atom stereocenters. The monoisotopic (exact) mass is 362 g/mol. The van der Waals surface area contributed by atoms with Gasteiger partial charge in [0, 0.05) is 17.0 Å². The van der Waals surface area contributed by atoms with Gasteiger partial charge in [-0.05, 0) is 57.5 Å². The van der Waals surface area contributed by atoms with Crippen LogP contribution in [0.3, 0.4) is 0 Å². The molecule has 2 rings (SSSR count). The number of benzene rings is 1. The highest BCUT2D eigenvalue weighted by Gasteiger charge is 2.21. The van der Waals surface area contributed by atoms with Crippen LogP contribution >= 0.6 is 11.3 Å². The molecule has 0 saturated heterocycles. The van der Waals surface area contributed by atoms with Crippen molar-refractivity contribution in [2.24, 2.45) is 0 Å². The number of thiophene rings is 1. The Bertz CT molecular complexity index is 748. The standard InChI is InChI=1S/C19H23FN2O2S/c1-5-22(12-17(23)21-19(2,3)4)18(24)16-11-10-15(25-16)13-6-8-14(20)9-7-13/h6-11H,5,12H2,1-4H3,(H,21,23). The average molecular weight is 362 g/mol. The predicted octanol–water partition coefficient (Wildman–Crippen LogP) is 3.93. The van der Waals surface area contributed by atoms with Crippen LogP contribution in [0.1, 0.15) is 37.4 Å². The summed E-state index contributed by atoms with van der Waals surface area (Å²) >= 11 is 1.34. The first-order valence-electron chi connectivity index (χ1n) is 8.15. The van der Waals surface area contributed by atoms with Gasteiger partial charge in [-0.2, -0.15) is 0 Å². The molecule has 0 radical (unpaired) electrons. The van der Waals surface area contributed by atoms with Crippen molar-refractivity contribution in [1.82, 2.24) is 10.2 Å². The van der Waals surface area contributed by atoms with Gasteiger partial charge in [0.25, 0.3) is 5.91 Å². The summed E-state index contributed by atoms with van der Waals surface area (Å²) in [4.78, 5) is 27.7. The fourth-order valence-electron chi connectivity index (χ4n) is 2.34. The largest absolute Gasteiger partial charge is 0.350 e.